The number of hydrogen-bond donors (Lipinski definition) is 3. The molecule has 0 saturated carbocycles. The number of nitrogens with zero attached hydrogens (tertiary/aromatic N) is 3. The Balaban J connectivity index is 0.000000631. The van der Waals surface area contributed by atoms with Crippen LogP contribution in [0.2, 0.25) is 5.02 Å². The molecule has 9 heteroatoms. The molecule has 0 saturated heterocycles. The fourth-order valence-electron chi connectivity index (χ4n) is 1.08. The Morgan fingerprint density at radius 3 is 2.33 bits per heavy atom. The lowest BCUT2D eigenvalue weighted by Crippen LogP contribution is -2.21. The predicted molar refractivity (Wildman–Crippen MR) is 70.0 cm³/mol. The van der Waals surface area contributed by atoms with Crippen LogP contribution in [0, 0.1) is 10.1 Å². The number of rotatable bonds is 2. The van der Waals surface area contributed by atoms with E-state index >= 15 is 0 Å². The summed E-state index contributed by atoms with van der Waals surface area (Å²) in [7, 11) is 3.84. The normalized spacial score (nSPS) is 8.83. The highest BCUT2D eigenvalue weighted by Crippen LogP contribution is 2.28. The summed E-state index contributed by atoms with van der Waals surface area (Å²) in [4.78, 5) is 14.2. The molecule has 5 N–H and O–H groups in total. The quantitative estimate of drug-likeness (QED) is 0.319. The SMILES string of the molecule is CN(C)c1ccc(N=C(N)N)cc1Cl.O=[N+]([O-])O. The molecule has 1 rings (SSSR count). The van der Waals surface area contributed by atoms with Gasteiger partial charge in [-0.15, -0.1) is 10.1 Å². The third-order valence-electron chi connectivity index (χ3n) is 1.67. The van der Waals surface area contributed by atoms with Crippen LogP contribution in [0.15, 0.2) is 23.2 Å². The minimum atomic E-state index is -1.50. The first-order chi connectivity index (χ1) is 8.23. The molecule has 0 amide bonds. The second-order valence-electron chi connectivity index (χ2n) is 3.30. The lowest BCUT2D eigenvalue weighted by Gasteiger charge is -2.14. The van der Waals surface area contributed by atoms with Gasteiger partial charge in [-0.05, 0) is 18.2 Å². The fraction of sp³-hybridized carbons (Fsp3) is 0.222. The van der Waals surface area contributed by atoms with E-state index in [1.54, 1.807) is 12.1 Å². The van der Waals surface area contributed by atoms with E-state index in [9.17, 15) is 0 Å². The second kappa shape index (κ2) is 7.17. The molecule has 0 fully saturated rings. The van der Waals surface area contributed by atoms with Crippen molar-refractivity contribution in [2.45, 2.75) is 0 Å². The van der Waals surface area contributed by atoms with Gasteiger partial charge in [0.15, 0.2) is 5.96 Å². The first-order valence-corrected chi connectivity index (χ1v) is 5.01. The molecule has 1 aromatic rings. The van der Waals surface area contributed by atoms with Crippen LogP contribution in [-0.2, 0) is 0 Å². The van der Waals surface area contributed by atoms with Crippen molar-refractivity contribution < 1.29 is 10.3 Å². The molecule has 0 unspecified atom stereocenters. The molecule has 0 aliphatic heterocycles. The van der Waals surface area contributed by atoms with Crippen LogP contribution in [0.25, 0.3) is 0 Å². The van der Waals surface area contributed by atoms with Gasteiger partial charge in [-0.25, -0.2) is 4.99 Å². The van der Waals surface area contributed by atoms with Gasteiger partial charge >= 0.3 is 0 Å². The monoisotopic (exact) mass is 275 g/mol. The van der Waals surface area contributed by atoms with Crippen molar-refractivity contribution in [1.29, 1.82) is 0 Å². The maximum absolute atomic E-state index is 8.36. The smallest absolute Gasteiger partial charge is 0.291 e. The van der Waals surface area contributed by atoms with Crippen molar-refractivity contribution in [3.05, 3.63) is 33.3 Å². The topological polar surface area (TPSA) is 131 Å². The van der Waals surface area contributed by atoms with Gasteiger partial charge in [-0.1, -0.05) is 11.6 Å². The molecule has 0 bridgehead atoms. The number of guanidine groups is 1. The summed E-state index contributed by atoms with van der Waals surface area (Å²) in [6, 6.07) is 5.39. The predicted octanol–water partition coefficient (Wildman–Crippen LogP) is 0.963. The van der Waals surface area contributed by atoms with Crippen LogP contribution in [-0.4, -0.2) is 30.3 Å². The van der Waals surface area contributed by atoms with Gasteiger partial charge < -0.3 is 21.6 Å². The molecule has 0 aromatic heterocycles. The van der Waals surface area contributed by atoms with Crippen molar-refractivity contribution in [3.63, 3.8) is 0 Å². The maximum Gasteiger partial charge on any atom is 0.291 e. The molecule has 0 heterocycles. The highest BCUT2D eigenvalue weighted by molar-refractivity contribution is 6.33. The van der Waals surface area contributed by atoms with Crippen molar-refractivity contribution >= 4 is 28.9 Å². The zero-order valence-electron chi connectivity index (χ0n) is 9.87. The van der Waals surface area contributed by atoms with Crippen LogP contribution < -0.4 is 16.4 Å². The maximum atomic E-state index is 8.36. The van der Waals surface area contributed by atoms with Gasteiger partial charge in [0.1, 0.15) is 0 Å². The summed E-state index contributed by atoms with van der Waals surface area (Å²) in [6.07, 6.45) is 0. The Morgan fingerprint density at radius 2 is 2.00 bits per heavy atom. The highest BCUT2D eigenvalue weighted by atomic mass is 35.5. The average molecular weight is 276 g/mol. The number of nitrogens with two attached hydrogens (primary N) is 2. The van der Waals surface area contributed by atoms with E-state index in [4.69, 9.17) is 38.4 Å². The van der Waals surface area contributed by atoms with Crippen LogP contribution in [0.4, 0.5) is 11.4 Å². The molecule has 0 atom stereocenters. The minimum Gasteiger partial charge on any atom is -0.376 e. The number of anilines is 1. The molecule has 0 spiro atoms. The zero-order valence-corrected chi connectivity index (χ0v) is 10.6. The Labute approximate surface area is 109 Å². The van der Waals surface area contributed by atoms with E-state index in [0.717, 1.165) is 5.69 Å². The van der Waals surface area contributed by atoms with Gasteiger partial charge in [0, 0.05) is 14.1 Å². The van der Waals surface area contributed by atoms with Gasteiger partial charge in [0.25, 0.3) is 5.09 Å². The van der Waals surface area contributed by atoms with Crippen LogP contribution in [0.1, 0.15) is 0 Å². The van der Waals surface area contributed by atoms with Crippen molar-refractivity contribution in [1.82, 2.24) is 0 Å². The van der Waals surface area contributed by atoms with E-state index in [2.05, 4.69) is 4.99 Å². The third kappa shape index (κ3) is 6.38. The van der Waals surface area contributed by atoms with E-state index in [-0.39, 0.29) is 5.96 Å². The largest absolute Gasteiger partial charge is 0.376 e. The third-order valence-corrected chi connectivity index (χ3v) is 1.97. The Morgan fingerprint density at radius 1 is 1.50 bits per heavy atom. The number of halogens is 1. The Hall–Kier alpha value is -2.22. The van der Waals surface area contributed by atoms with E-state index < -0.39 is 5.09 Å². The van der Waals surface area contributed by atoms with E-state index in [1.165, 1.54) is 0 Å². The van der Waals surface area contributed by atoms with Gasteiger partial charge in [-0.2, -0.15) is 0 Å². The molecule has 0 aliphatic carbocycles. The summed E-state index contributed by atoms with van der Waals surface area (Å²) in [5.74, 6) is 0.0265. The van der Waals surface area contributed by atoms with Crippen molar-refractivity contribution in [2.75, 3.05) is 19.0 Å². The number of hydrogen-bond acceptors (Lipinski definition) is 4. The molecule has 8 nitrogen and oxygen atoms in total. The van der Waals surface area contributed by atoms with Crippen molar-refractivity contribution in [2.24, 2.45) is 16.5 Å². The van der Waals surface area contributed by atoms with Crippen LogP contribution in [0.3, 0.4) is 0 Å². The van der Waals surface area contributed by atoms with E-state index in [1.807, 2.05) is 25.1 Å². The van der Waals surface area contributed by atoms with Crippen molar-refractivity contribution in [3.8, 4) is 0 Å². The Bertz CT molecular complexity index is 442. The molecule has 1 aromatic carbocycles. The fourth-order valence-corrected chi connectivity index (χ4v) is 1.42. The lowest BCUT2D eigenvalue weighted by molar-refractivity contribution is -0.742. The summed E-state index contributed by atoms with van der Waals surface area (Å²) < 4.78 is 0. The highest BCUT2D eigenvalue weighted by Gasteiger charge is 2.02. The molecular formula is C9H14ClN5O3. The summed E-state index contributed by atoms with van der Waals surface area (Å²) in [6.45, 7) is 0. The molecule has 18 heavy (non-hydrogen) atoms. The average Bonchev–Trinajstić information content (AvgIpc) is 2.14. The summed E-state index contributed by atoms with van der Waals surface area (Å²) in [5, 5.41) is 14.3. The van der Waals surface area contributed by atoms with Gasteiger partial charge in [0.2, 0.25) is 0 Å². The first kappa shape index (κ1) is 15.8. The standard InChI is InChI=1S/C9H13ClN4.HNO3/c1-14(2)8-4-3-6(5-7(8)10)13-9(11)12;2-1(3)4/h3-5H,1-2H3,(H4,11,12,13);(H,2,3,4). The second-order valence-corrected chi connectivity index (χ2v) is 3.71. The first-order valence-electron chi connectivity index (χ1n) is 4.63. The molecule has 0 radical (unpaired) electrons. The lowest BCUT2D eigenvalue weighted by atomic mass is 10.2. The number of benzene rings is 1. The van der Waals surface area contributed by atoms with Crippen LogP contribution >= 0.6 is 11.6 Å². The summed E-state index contributed by atoms with van der Waals surface area (Å²) in [5.41, 5.74) is 12.1. The van der Waals surface area contributed by atoms with E-state index in [0.29, 0.717) is 10.7 Å². The summed E-state index contributed by atoms with van der Waals surface area (Å²) >= 11 is 6.02. The number of aliphatic imine (C=N–C) groups is 1. The molecule has 0 aliphatic rings. The van der Waals surface area contributed by atoms with Crippen LogP contribution in [0.5, 0.6) is 0 Å². The van der Waals surface area contributed by atoms with Gasteiger partial charge in [-0.3, -0.25) is 0 Å². The zero-order chi connectivity index (χ0) is 14.3. The molecule has 100 valence electrons. The minimum absolute atomic E-state index is 0.0265. The Kier molecular flexibility index (Phi) is 6.29. The van der Waals surface area contributed by atoms with Gasteiger partial charge in [0.05, 0.1) is 16.4 Å². The molecular weight excluding hydrogens is 262 g/mol.